The molecule has 2 rings (SSSR count). The molecule has 6 heteroatoms. The van der Waals surface area contributed by atoms with Crippen molar-refractivity contribution < 1.29 is 9.66 Å². The second-order valence-corrected chi connectivity index (χ2v) is 6.02. The molecular formula is C13H18N2O3S. The fourth-order valence-corrected chi connectivity index (χ4v) is 2.79. The summed E-state index contributed by atoms with van der Waals surface area (Å²) in [6.45, 7) is 1.52. The maximum absolute atomic E-state index is 10.8. The summed E-state index contributed by atoms with van der Waals surface area (Å²) in [7, 11) is 1.58. The van der Waals surface area contributed by atoms with E-state index in [1.54, 1.807) is 19.2 Å². The van der Waals surface area contributed by atoms with Crippen LogP contribution >= 0.6 is 11.8 Å². The van der Waals surface area contributed by atoms with Gasteiger partial charge in [-0.1, -0.05) is 0 Å². The first kappa shape index (κ1) is 14.1. The predicted molar refractivity (Wildman–Crippen MR) is 76.8 cm³/mol. The molecule has 0 atom stereocenters. The van der Waals surface area contributed by atoms with Crippen molar-refractivity contribution in [3.8, 4) is 5.75 Å². The third kappa shape index (κ3) is 3.39. The molecule has 19 heavy (non-hydrogen) atoms. The molecule has 0 spiro atoms. The van der Waals surface area contributed by atoms with Crippen molar-refractivity contribution in [3.63, 3.8) is 0 Å². The first-order valence-corrected chi connectivity index (χ1v) is 7.40. The lowest BCUT2D eigenvalue weighted by Crippen LogP contribution is -2.25. The molecule has 1 fully saturated rings. The molecule has 104 valence electrons. The number of hydrogen-bond acceptors (Lipinski definition) is 5. The van der Waals surface area contributed by atoms with E-state index in [0.29, 0.717) is 17.0 Å². The Bertz CT molecular complexity index is 475. The number of benzene rings is 1. The molecule has 1 aromatic carbocycles. The van der Waals surface area contributed by atoms with E-state index in [1.165, 1.54) is 18.9 Å². The predicted octanol–water partition coefficient (Wildman–Crippen LogP) is 2.59. The minimum atomic E-state index is -0.382. The molecule has 1 aliphatic rings. The largest absolute Gasteiger partial charge is 0.496 e. The molecule has 0 bridgehead atoms. The average molecular weight is 282 g/mol. The number of nitrogens with one attached hydrogen (secondary N) is 1. The van der Waals surface area contributed by atoms with Gasteiger partial charge in [0.05, 0.1) is 12.0 Å². The van der Waals surface area contributed by atoms with E-state index in [1.807, 2.05) is 11.8 Å². The smallest absolute Gasteiger partial charge is 0.270 e. The summed E-state index contributed by atoms with van der Waals surface area (Å²) in [5.74, 6) is 0.687. The number of nitro groups is 1. The second-order valence-electron chi connectivity index (χ2n) is 4.74. The standard InChI is InChI=1S/C13H18N2O3S/c1-18-12-4-3-11(15(16)17)7-10(12)8-14-9-13(19-2)5-6-13/h3-4,7,14H,5-6,8-9H2,1-2H3. The zero-order chi connectivity index (χ0) is 13.9. The zero-order valence-corrected chi connectivity index (χ0v) is 12.0. The minimum absolute atomic E-state index is 0.101. The fraction of sp³-hybridized carbons (Fsp3) is 0.538. The van der Waals surface area contributed by atoms with Gasteiger partial charge in [0, 0.05) is 35.5 Å². The molecule has 5 nitrogen and oxygen atoms in total. The van der Waals surface area contributed by atoms with Crippen LogP contribution in [0.1, 0.15) is 18.4 Å². The highest BCUT2D eigenvalue weighted by Gasteiger charge is 2.41. The fourth-order valence-electron chi connectivity index (χ4n) is 2.03. The lowest BCUT2D eigenvalue weighted by Gasteiger charge is -2.14. The van der Waals surface area contributed by atoms with Crippen LogP contribution in [-0.2, 0) is 6.54 Å². The van der Waals surface area contributed by atoms with Crippen LogP contribution in [0.2, 0.25) is 0 Å². The molecule has 1 N–H and O–H groups in total. The summed E-state index contributed by atoms with van der Waals surface area (Å²) in [6.07, 6.45) is 4.61. The maximum atomic E-state index is 10.8. The van der Waals surface area contributed by atoms with Crippen molar-refractivity contribution in [3.05, 3.63) is 33.9 Å². The maximum Gasteiger partial charge on any atom is 0.270 e. The summed E-state index contributed by atoms with van der Waals surface area (Å²) in [5, 5.41) is 14.2. The van der Waals surface area contributed by atoms with Gasteiger partial charge in [-0.3, -0.25) is 10.1 Å². The van der Waals surface area contributed by atoms with Gasteiger partial charge >= 0.3 is 0 Å². The molecule has 1 aromatic rings. The lowest BCUT2D eigenvalue weighted by atomic mass is 10.1. The van der Waals surface area contributed by atoms with Gasteiger partial charge in [0.2, 0.25) is 0 Å². The molecule has 0 aliphatic heterocycles. The Kier molecular flexibility index (Phi) is 4.31. The summed E-state index contributed by atoms with van der Waals surface area (Å²) >= 11 is 1.89. The molecule has 0 amide bonds. The van der Waals surface area contributed by atoms with Crippen molar-refractivity contribution in [1.29, 1.82) is 0 Å². The molecule has 1 saturated carbocycles. The number of nitrogens with zero attached hydrogens (tertiary/aromatic N) is 1. The Morgan fingerprint density at radius 3 is 2.79 bits per heavy atom. The molecule has 0 saturated heterocycles. The summed E-state index contributed by atoms with van der Waals surface area (Å²) < 4.78 is 5.62. The van der Waals surface area contributed by atoms with E-state index in [4.69, 9.17) is 4.74 Å². The number of thioether (sulfide) groups is 1. The third-order valence-corrected chi connectivity index (χ3v) is 4.90. The average Bonchev–Trinajstić information content (AvgIpc) is 3.19. The number of rotatable bonds is 7. The van der Waals surface area contributed by atoms with Crippen LogP contribution in [-0.4, -0.2) is 29.6 Å². The van der Waals surface area contributed by atoms with Gasteiger partial charge in [-0.05, 0) is 25.2 Å². The number of methoxy groups -OCH3 is 1. The Morgan fingerprint density at radius 2 is 2.26 bits per heavy atom. The van der Waals surface area contributed by atoms with Gasteiger partial charge in [-0.2, -0.15) is 11.8 Å². The Labute approximate surface area is 116 Å². The van der Waals surface area contributed by atoms with Crippen LogP contribution in [0.3, 0.4) is 0 Å². The Hall–Kier alpha value is -1.27. The van der Waals surface area contributed by atoms with Gasteiger partial charge in [0.25, 0.3) is 5.69 Å². The van der Waals surface area contributed by atoms with Gasteiger partial charge in [0.1, 0.15) is 5.75 Å². The van der Waals surface area contributed by atoms with Gasteiger partial charge in [-0.15, -0.1) is 0 Å². The minimum Gasteiger partial charge on any atom is -0.496 e. The van der Waals surface area contributed by atoms with Crippen LogP contribution in [0.25, 0.3) is 0 Å². The van der Waals surface area contributed by atoms with E-state index in [-0.39, 0.29) is 10.6 Å². The van der Waals surface area contributed by atoms with E-state index in [0.717, 1.165) is 12.1 Å². The summed E-state index contributed by atoms with van der Waals surface area (Å²) in [4.78, 5) is 10.4. The number of ether oxygens (including phenoxy) is 1. The molecule has 0 radical (unpaired) electrons. The van der Waals surface area contributed by atoms with Crippen molar-refractivity contribution in [2.24, 2.45) is 0 Å². The molecule has 0 unspecified atom stereocenters. The van der Waals surface area contributed by atoms with Gasteiger partial charge in [-0.25, -0.2) is 0 Å². The van der Waals surface area contributed by atoms with Crippen LogP contribution < -0.4 is 10.1 Å². The van der Waals surface area contributed by atoms with Crippen molar-refractivity contribution in [2.45, 2.75) is 24.1 Å². The van der Waals surface area contributed by atoms with E-state index < -0.39 is 0 Å². The normalized spacial score (nSPS) is 16.1. The van der Waals surface area contributed by atoms with Crippen molar-refractivity contribution >= 4 is 17.4 Å². The van der Waals surface area contributed by atoms with E-state index in [9.17, 15) is 10.1 Å². The first-order valence-electron chi connectivity index (χ1n) is 6.17. The topological polar surface area (TPSA) is 64.4 Å². The van der Waals surface area contributed by atoms with Crippen molar-refractivity contribution in [1.82, 2.24) is 5.32 Å². The highest BCUT2D eigenvalue weighted by atomic mass is 32.2. The molecule has 1 aliphatic carbocycles. The summed E-state index contributed by atoms with van der Waals surface area (Å²) in [6, 6.07) is 4.69. The zero-order valence-electron chi connectivity index (χ0n) is 11.1. The monoisotopic (exact) mass is 282 g/mol. The lowest BCUT2D eigenvalue weighted by molar-refractivity contribution is -0.384. The van der Waals surface area contributed by atoms with Crippen LogP contribution in [0.5, 0.6) is 5.75 Å². The molecule has 0 aromatic heterocycles. The highest BCUT2D eigenvalue weighted by Crippen LogP contribution is 2.46. The Balaban J connectivity index is 2.01. The highest BCUT2D eigenvalue weighted by molar-refractivity contribution is 8.00. The van der Waals surface area contributed by atoms with Crippen LogP contribution in [0, 0.1) is 10.1 Å². The second kappa shape index (κ2) is 5.79. The first-order chi connectivity index (χ1) is 9.10. The van der Waals surface area contributed by atoms with Crippen molar-refractivity contribution in [2.75, 3.05) is 19.9 Å². The van der Waals surface area contributed by atoms with Crippen LogP contribution in [0.15, 0.2) is 18.2 Å². The summed E-state index contributed by atoms with van der Waals surface area (Å²) in [5.41, 5.74) is 0.928. The van der Waals surface area contributed by atoms with E-state index in [2.05, 4.69) is 11.6 Å². The molecular weight excluding hydrogens is 264 g/mol. The number of non-ortho nitro benzene ring substituents is 1. The van der Waals surface area contributed by atoms with Crippen LogP contribution in [0.4, 0.5) is 5.69 Å². The third-order valence-electron chi connectivity index (χ3n) is 3.48. The number of hydrogen-bond donors (Lipinski definition) is 1. The van der Waals surface area contributed by atoms with Gasteiger partial charge in [0.15, 0.2) is 0 Å². The Morgan fingerprint density at radius 1 is 1.53 bits per heavy atom. The molecule has 0 heterocycles. The SMILES string of the molecule is COc1ccc([N+](=O)[O-])cc1CNCC1(SC)CC1. The quantitative estimate of drug-likeness (QED) is 0.615. The van der Waals surface area contributed by atoms with Gasteiger partial charge < -0.3 is 10.1 Å². The van der Waals surface area contributed by atoms with E-state index >= 15 is 0 Å². The number of nitro benzene ring substituents is 1.